The fourth-order valence-electron chi connectivity index (χ4n) is 4.59. The van der Waals surface area contributed by atoms with E-state index in [1.807, 2.05) is 31.8 Å². The van der Waals surface area contributed by atoms with E-state index >= 15 is 0 Å². The first kappa shape index (κ1) is 18.6. The smallest absolute Gasteiger partial charge is 0.274 e. The van der Waals surface area contributed by atoms with Crippen LogP contribution in [-0.4, -0.2) is 42.1 Å². The van der Waals surface area contributed by atoms with E-state index in [0.717, 1.165) is 48.5 Å². The molecular formula is C22H26N4O2S. The quantitative estimate of drug-likeness (QED) is 0.640. The van der Waals surface area contributed by atoms with E-state index in [0.29, 0.717) is 10.9 Å². The standard InChI is InChI=1S/C22H26N4O2S/c1-25-12-18(16-5-8-23-20(16)21(25)27)17-11-15(24-29-2)3-4-19(17)26-9-6-22(7-10-26)13-28-14-22/h3-5,8,11-12,23-24H,6-7,9-10,13-14H2,1-2H3. The maximum Gasteiger partial charge on any atom is 0.274 e. The molecule has 0 amide bonds. The lowest BCUT2D eigenvalue weighted by Crippen LogP contribution is -2.51. The number of fused-ring (bicyclic) bond motifs is 1. The maximum absolute atomic E-state index is 12.5. The third kappa shape index (κ3) is 3.13. The number of hydrogen-bond donors (Lipinski definition) is 2. The van der Waals surface area contributed by atoms with E-state index in [-0.39, 0.29) is 5.56 Å². The van der Waals surface area contributed by atoms with Crippen molar-refractivity contribution in [1.29, 1.82) is 0 Å². The van der Waals surface area contributed by atoms with Crippen LogP contribution in [0.2, 0.25) is 0 Å². The van der Waals surface area contributed by atoms with Crippen LogP contribution >= 0.6 is 11.9 Å². The highest BCUT2D eigenvalue weighted by atomic mass is 32.2. The zero-order chi connectivity index (χ0) is 20.0. The predicted molar refractivity (Wildman–Crippen MR) is 121 cm³/mol. The fourth-order valence-corrected chi connectivity index (χ4v) is 4.96. The Kier molecular flexibility index (Phi) is 4.59. The molecule has 1 aromatic carbocycles. The summed E-state index contributed by atoms with van der Waals surface area (Å²) in [5, 5.41) is 0.969. The molecule has 2 aromatic heterocycles. The Hall–Kier alpha value is -2.38. The van der Waals surface area contributed by atoms with Gasteiger partial charge >= 0.3 is 0 Å². The van der Waals surface area contributed by atoms with E-state index in [1.165, 1.54) is 18.5 Å². The summed E-state index contributed by atoms with van der Waals surface area (Å²) in [6.07, 6.45) is 8.18. The number of aromatic amines is 1. The van der Waals surface area contributed by atoms with Gasteiger partial charge < -0.3 is 23.9 Å². The number of hydrogen-bond acceptors (Lipinski definition) is 5. The molecule has 0 radical (unpaired) electrons. The largest absolute Gasteiger partial charge is 0.380 e. The zero-order valence-corrected chi connectivity index (χ0v) is 17.6. The summed E-state index contributed by atoms with van der Waals surface area (Å²) < 4.78 is 10.5. The lowest BCUT2D eigenvalue weighted by molar-refractivity contribution is -0.124. The van der Waals surface area contributed by atoms with Crippen molar-refractivity contribution in [3.05, 3.63) is 47.0 Å². The molecule has 152 valence electrons. The van der Waals surface area contributed by atoms with Crippen LogP contribution in [0.25, 0.3) is 22.0 Å². The number of anilines is 2. The summed E-state index contributed by atoms with van der Waals surface area (Å²) in [5.41, 5.74) is 5.59. The maximum atomic E-state index is 12.5. The van der Waals surface area contributed by atoms with Crippen LogP contribution in [0.4, 0.5) is 11.4 Å². The zero-order valence-electron chi connectivity index (χ0n) is 16.8. The summed E-state index contributed by atoms with van der Waals surface area (Å²) >= 11 is 1.58. The number of nitrogens with zero attached hydrogens (tertiary/aromatic N) is 2. The van der Waals surface area contributed by atoms with Crippen LogP contribution in [0.3, 0.4) is 0 Å². The van der Waals surface area contributed by atoms with Crippen LogP contribution < -0.4 is 15.2 Å². The molecular weight excluding hydrogens is 384 g/mol. The normalized spacial score (nSPS) is 18.2. The molecule has 29 heavy (non-hydrogen) atoms. The Labute approximate surface area is 174 Å². The van der Waals surface area contributed by atoms with E-state index in [9.17, 15) is 4.79 Å². The second-order valence-electron chi connectivity index (χ2n) is 8.24. The summed E-state index contributed by atoms with van der Waals surface area (Å²) in [6, 6.07) is 8.56. The minimum Gasteiger partial charge on any atom is -0.380 e. The van der Waals surface area contributed by atoms with Gasteiger partial charge in [0.1, 0.15) is 5.52 Å². The molecule has 6 nitrogen and oxygen atoms in total. The third-order valence-corrected chi connectivity index (χ3v) is 6.82. The van der Waals surface area contributed by atoms with Gasteiger partial charge in [-0.15, -0.1) is 0 Å². The number of H-pyrrole nitrogens is 1. The average molecular weight is 411 g/mol. The SMILES string of the molecule is CSNc1ccc(N2CCC3(CC2)COC3)c(-c2cn(C)c(=O)c3[nH]ccc23)c1. The molecule has 2 saturated heterocycles. The molecule has 5 rings (SSSR count). The Morgan fingerprint density at radius 1 is 1.17 bits per heavy atom. The van der Waals surface area contributed by atoms with Crippen LogP contribution in [-0.2, 0) is 11.8 Å². The van der Waals surface area contributed by atoms with Crippen molar-refractivity contribution in [3.63, 3.8) is 0 Å². The number of ether oxygens (including phenoxy) is 1. The van der Waals surface area contributed by atoms with Crippen LogP contribution in [0.15, 0.2) is 41.5 Å². The highest BCUT2D eigenvalue weighted by Crippen LogP contribution is 2.43. The second-order valence-corrected chi connectivity index (χ2v) is 8.86. The molecule has 0 atom stereocenters. The topological polar surface area (TPSA) is 62.3 Å². The molecule has 1 spiro atoms. The summed E-state index contributed by atoms with van der Waals surface area (Å²) in [4.78, 5) is 18.1. The number of rotatable bonds is 4. The fraction of sp³-hybridized carbons (Fsp3) is 0.409. The Bertz CT molecular complexity index is 1110. The molecule has 0 unspecified atom stereocenters. The van der Waals surface area contributed by atoms with Crippen molar-refractivity contribution in [2.45, 2.75) is 12.8 Å². The van der Waals surface area contributed by atoms with Gasteiger partial charge in [0.15, 0.2) is 0 Å². The molecule has 3 aromatic rings. The number of pyridine rings is 1. The molecule has 2 N–H and O–H groups in total. The minimum absolute atomic E-state index is 0.00130. The van der Waals surface area contributed by atoms with Gasteiger partial charge in [0.05, 0.1) is 13.2 Å². The van der Waals surface area contributed by atoms with Gasteiger partial charge in [-0.1, -0.05) is 11.9 Å². The summed E-state index contributed by atoms with van der Waals surface area (Å²) in [5.74, 6) is 0. The average Bonchev–Trinajstić information content (AvgIpc) is 3.20. The van der Waals surface area contributed by atoms with E-state index in [4.69, 9.17) is 4.74 Å². The molecule has 0 aliphatic carbocycles. The van der Waals surface area contributed by atoms with E-state index in [2.05, 4.69) is 32.8 Å². The molecule has 2 aliphatic heterocycles. The Morgan fingerprint density at radius 3 is 2.66 bits per heavy atom. The molecule has 4 heterocycles. The molecule has 0 saturated carbocycles. The number of benzene rings is 1. The predicted octanol–water partition coefficient (Wildman–Crippen LogP) is 3.84. The molecule has 2 fully saturated rings. The third-order valence-electron chi connectivity index (χ3n) is 6.38. The highest BCUT2D eigenvalue weighted by Gasteiger charge is 2.41. The van der Waals surface area contributed by atoms with Crippen LogP contribution in [0.1, 0.15) is 12.8 Å². The van der Waals surface area contributed by atoms with Gasteiger partial charge in [-0.3, -0.25) is 4.79 Å². The van der Waals surface area contributed by atoms with E-state index in [1.54, 1.807) is 16.5 Å². The van der Waals surface area contributed by atoms with Crippen molar-refractivity contribution in [2.75, 3.05) is 42.2 Å². The van der Waals surface area contributed by atoms with Crippen molar-refractivity contribution < 1.29 is 4.74 Å². The Morgan fingerprint density at radius 2 is 1.97 bits per heavy atom. The van der Waals surface area contributed by atoms with Crippen molar-refractivity contribution in [1.82, 2.24) is 9.55 Å². The van der Waals surface area contributed by atoms with Gasteiger partial charge in [0.25, 0.3) is 5.56 Å². The summed E-state index contributed by atoms with van der Waals surface area (Å²) in [7, 11) is 1.82. The van der Waals surface area contributed by atoms with Crippen molar-refractivity contribution in [3.8, 4) is 11.1 Å². The highest BCUT2D eigenvalue weighted by molar-refractivity contribution is 7.99. The van der Waals surface area contributed by atoms with Crippen molar-refractivity contribution in [2.24, 2.45) is 12.5 Å². The minimum atomic E-state index is -0.00130. The molecule has 7 heteroatoms. The lowest BCUT2D eigenvalue weighted by Gasteiger charge is -2.48. The van der Waals surface area contributed by atoms with Gasteiger partial charge in [-0.2, -0.15) is 0 Å². The first-order valence-electron chi connectivity index (χ1n) is 10.0. The monoisotopic (exact) mass is 410 g/mol. The van der Waals surface area contributed by atoms with E-state index < -0.39 is 0 Å². The molecule has 2 aliphatic rings. The van der Waals surface area contributed by atoms with Crippen molar-refractivity contribution >= 4 is 34.2 Å². The van der Waals surface area contributed by atoms with Gasteiger partial charge in [0.2, 0.25) is 0 Å². The van der Waals surface area contributed by atoms with Crippen LogP contribution in [0, 0.1) is 5.41 Å². The lowest BCUT2D eigenvalue weighted by atomic mass is 9.76. The van der Waals surface area contributed by atoms with Gasteiger partial charge in [0, 0.05) is 72.1 Å². The molecule has 0 bridgehead atoms. The van der Waals surface area contributed by atoms with Crippen LogP contribution in [0.5, 0.6) is 0 Å². The number of piperidine rings is 1. The Balaban J connectivity index is 1.62. The first-order chi connectivity index (χ1) is 14.1. The first-order valence-corrected chi connectivity index (χ1v) is 11.3. The van der Waals surface area contributed by atoms with Gasteiger partial charge in [-0.25, -0.2) is 0 Å². The number of aromatic nitrogens is 2. The number of aryl methyl sites for hydroxylation is 1. The second kappa shape index (κ2) is 7.15. The van der Waals surface area contributed by atoms with Gasteiger partial charge in [-0.05, 0) is 37.1 Å². The summed E-state index contributed by atoms with van der Waals surface area (Å²) in [6.45, 7) is 3.89. The number of nitrogens with one attached hydrogen (secondary N) is 2.